The van der Waals surface area contributed by atoms with Gasteiger partial charge in [-0.1, -0.05) is 127 Å². The van der Waals surface area contributed by atoms with Crippen molar-refractivity contribution in [2.45, 2.75) is 0 Å². The van der Waals surface area contributed by atoms with E-state index in [1.165, 1.54) is 54.3 Å². The van der Waals surface area contributed by atoms with Gasteiger partial charge in [0.2, 0.25) is 0 Å². The van der Waals surface area contributed by atoms with Gasteiger partial charge in [-0.2, -0.15) is 0 Å². The largest absolute Gasteiger partial charge is 0.317 e. The fourth-order valence-electron chi connectivity index (χ4n) is 9.03. The van der Waals surface area contributed by atoms with E-state index in [0.29, 0.717) is 0 Å². The first-order chi connectivity index (χ1) is 28.3. The number of para-hydroxylation sites is 3. The molecule has 12 aromatic rings. The summed E-state index contributed by atoms with van der Waals surface area (Å²) in [5.41, 5.74) is 12.5. The molecule has 0 aliphatic rings. The van der Waals surface area contributed by atoms with Crippen LogP contribution < -0.4 is 0 Å². The highest BCUT2D eigenvalue weighted by Gasteiger charge is 2.20. The highest BCUT2D eigenvalue weighted by molar-refractivity contribution is 6.20. The first-order valence-corrected chi connectivity index (χ1v) is 19.5. The molecule has 4 heterocycles. The molecule has 0 amide bonds. The van der Waals surface area contributed by atoms with Gasteiger partial charge in [-0.25, -0.2) is 4.98 Å². The zero-order valence-electron chi connectivity index (χ0n) is 30.9. The van der Waals surface area contributed by atoms with E-state index >= 15 is 0 Å². The Labute approximate surface area is 328 Å². The van der Waals surface area contributed by atoms with Crippen LogP contribution in [0.25, 0.3) is 105 Å². The Morgan fingerprint density at radius 3 is 1.75 bits per heavy atom. The second-order valence-electron chi connectivity index (χ2n) is 14.9. The topological polar surface area (TPSA) is 27.7 Å². The molecule has 4 aromatic heterocycles. The number of benzene rings is 8. The van der Waals surface area contributed by atoms with Crippen LogP contribution in [0.3, 0.4) is 0 Å². The highest BCUT2D eigenvalue weighted by Crippen LogP contribution is 2.41. The Hall–Kier alpha value is -7.69. The minimum absolute atomic E-state index is 0.892. The second kappa shape index (κ2) is 12.4. The van der Waals surface area contributed by atoms with Crippen molar-refractivity contribution in [3.8, 4) is 39.6 Å². The van der Waals surface area contributed by atoms with E-state index < -0.39 is 0 Å². The third-order valence-electron chi connectivity index (χ3n) is 11.6. The summed E-state index contributed by atoms with van der Waals surface area (Å²) in [5.74, 6) is 0.892. The van der Waals surface area contributed by atoms with E-state index in [1.807, 2.05) is 0 Å². The zero-order chi connectivity index (χ0) is 37.5. The molecule has 0 saturated heterocycles. The van der Waals surface area contributed by atoms with Gasteiger partial charge in [-0.15, -0.1) is 0 Å². The van der Waals surface area contributed by atoms with Crippen molar-refractivity contribution in [3.05, 3.63) is 206 Å². The summed E-state index contributed by atoms with van der Waals surface area (Å²) in [5, 5.41) is 8.54. The van der Waals surface area contributed by atoms with Gasteiger partial charge in [0.05, 0.1) is 33.3 Å². The Balaban J connectivity index is 1.11. The fraction of sp³-hybridized carbons (Fsp3) is 0. The van der Waals surface area contributed by atoms with Crippen LogP contribution in [0.4, 0.5) is 0 Å². The normalized spacial score (nSPS) is 11.9. The lowest BCUT2D eigenvalue weighted by Crippen LogP contribution is -2.00. The van der Waals surface area contributed by atoms with Crippen LogP contribution in [0, 0.1) is 0 Å². The molecular formula is C53H34N4. The van der Waals surface area contributed by atoms with Gasteiger partial charge in [0, 0.05) is 55.5 Å². The van der Waals surface area contributed by atoms with Crippen molar-refractivity contribution in [1.82, 2.24) is 18.7 Å². The summed E-state index contributed by atoms with van der Waals surface area (Å²) in [6, 6.07) is 72.1. The van der Waals surface area contributed by atoms with Crippen LogP contribution in [0.5, 0.6) is 0 Å². The molecule has 0 aliphatic carbocycles. The Bertz CT molecular complexity index is 3440. The zero-order valence-corrected chi connectivity index (χ0v) is 30.9. The van der Waals surface area contributed by atoms with Gasteiger partial charge in [0.1, 0.15) is 5.82 Å². The number of hydrogen-bond donors (Lipinski definition) is 0. The maximum Gasteiger partial charge on any atom is 0.138 e. The van der Waals surface area contributed by atoms with Gasteiger partial charge < -0.3 is 9.13 Å². The van der Waals surface area contributed by atoms with Crippen molar-refractivity contribution in [3.63, 3.8) is 0 Å². The molecule has 4 nitrogen and oxygen atoms in total. The summed E-state index contributed by atoms with van der Waals surface area (Å²) in [4.78, 5) is 5.36. The maximum absolute atomic E-state index is 5.36. The Kier molecular flexibility index (Phi) is 6.89. The van der Waals surface area contributed by atoms with Crippen LogP contribution in [0.2, 0.25) is 0 Å². The van der Waals surface area contributed by atoms with E-state index in [-0.39, 0.29) is 0 Å². The smallest absolute Gasteiger partial charge is 0.138 e. The predicted molar refractivity (Wildman–Crippen MR) is 238 cm³/mol. The number of hydrogen-bond acceptors (Lipinski definition) is 1. The molecule has 12 rings (SSSR count). The molecule has 0 fully saturated rings. The highest BCUT2D eigenvalue weighted by atomic mass is 15.1. The SMILES string of the molecule is c1ccc(-c2cc(-c3ccccc3)nc(-n3c4ccccc4c4cc(-n5c6ccccc6c6ccc7cc8c(ccn8-c8ccccc8)cc7c65)ccc43)c2)cc1. The molecule has 4 heteroatoms. The van der Waals surface area contributed by atoms with Gasteiger partial charge in [0.25, 0.3) is 0 Å². The van der Waals surface area contributed by atoms with Crippen molar-refractivity contribution >= 4 is 65.3 Å². The standard InChI is InChI=1S/C53H34N4/c1-4-14-35(15-5-1)39-31-47(36-16-6-2-7-17-36)54-52(33-39)57-49-23-13-11-21-43(49)46-34-41(25-27-50(46)57)56-48-22-12-10-20-42(48)44-26-24-37-32-51-38(30-45(37)53(44)56)28-29-55(51)40-18-8-3-9-19-40/h1-34H. The second-order valence-corrected chi connectivity index (χ2v) is 14.9. The lowest BCUT2D eigenvalue weighted by Gasteiger charge is -2.14. The van der Waals surface area contributed by atoms with Crippen molar-refractivity contribution < 1.29 is 0 Å². The lowest BCUT2D eigenvalue weighted by molar-refractivity contribution is 1.08. The molecule has 0 unspecified atom stereocenters. The van der Waals surface area contributed by atoms with Crippen molar-refractivity contribution in [2.75, 3.05) is 0 Å². The molecule has 0 atom stereocenters. The summed E-state index contributed by atoms with van der Waals surface area (Å²) >= 11 is 0. The molecule has 0 saturated carbocycles. The molecule has 0 spiro atoms. The van der Waals surface area contributed by atoms with Gasteiger partial charge >= 0.3 is 0 Å². The number of nitrogens with zero attached hydrogens (tertiary/aromatic N) is 4. The molecule has 266 valence electrons. The van der Waals surface area contributed by atoms with Gasteiger partial charge in [-0.3, -0.25) is 4.57 Å². The molecule has 0 radical (unpaired) electrons. The third-order valence-corrected chi connectivity index (χ3v) is 11.6. The van der Waals surface area contributed by atoms with E-state index in [9.17, 15) is 0 Å². The van der Waals surface area contributed by atoms with Crippen molar-refractivity contribution in [1.29, 1.82) is 0 Å². The minimum atomic E-state index is 0.892. The lowest BCUT2D eigenvalue weighted by atomic mass is 10.0. The molecule has 8 aromatic carbocycles. The van der Waals surface area contributed by atoms with Gasteiger partial charge in [0.15, 0.2) is 0 Å². The monoisotopic (exact) mass is 726 g/mol. The van der Waals surface area contributed by atoms with E-state index in [4.69, 9.17) is 4.98 Å². The predicted octanol–water partition coefficient (Wildman–Crippen LogP) is 13.7. The minimum Gasteiger partial charge on any atom is -0.317 e. The molecule has 57 heavy (non-hydrogen) atoms. The number of fused-ring (bicyclic) bond motifs is 9. The molecular weight excluding hydrogens is 693 g/mol. The summed E-state index contributed by atoms with van der Waals surface area (Å²) < 4.78 is 7.09. The molecule has 0 aliphatic heterocycles. The number of rotatable bonds is 5. The van der Waals surface area contributed by atoms with Crippen LogP contribution in [0.15, 0.2) is 206 Å². The quantitative estimate of drug-likeness (QED) is 0.174. The maximum atomic E-state index is 5.36. The average Bonchev–Trinajstić information content (AvgIpc) is 3.96. The van der Waals surface area contributed by atoms with E-state index in [0.717, 1.165) is 50.6 Å². The van der Waals surface area contributed by atoms with Crippen LogP contribution in [0.1, 0.15) is 0 Å². The van der Waals surface area contributed by atoms with E-state index in [2.05, 4.69) is 220 Å². The number of aromatic nitrogens is 4. The van der Waals surface area contributed by atoms with Crippen molar-refractivity contribution in [2.24, 2.45) is 0 Å². The van der Waals surface area contributed by atoms with E-state index in [1.54, 1.807) is 0 Å². The summed E-state index contributed by atoms with van der Waals surface area (Å²) in [6.45, 7) is 0. The first-order valence-electron chi connectivity index (χ1n) is 19.5. The first kappa shape index (κ1) is 31.6. The number of pyridine rings is 1. The average molecular weight is 727 g/mol. The van der Waals surface area contributed by atoms with Gasteiger partial charge in [-0.05, 0) is 89.3 Å². The fourth-order valence-corrected chi connectivity index (χ4v) is 9.03. The Morgan fingerprint density at radius 1 is 0.333 bits per heavy atom. The Morgan fingerprint density at radius 2 is 0.982 bits per heavy atom. The van der Waals surface area contributed by atoms with Crippen LogP contribution in [-0.4, -0.2) is 18.7 Å². The summed E-state index contributed by atoms with van der Waals surface area (Å²) in [6.07, 6.45) is 2.18. The summed E-state index contributed by atoms with van der Waals surface area (Å²) in [7, 11) is 0. The van der Waals surface area contributed by atoms with Crippen LogP contribution in [-0.2, 0) is 0 Å². The van der Waals surface area contributed by atoms with Crippen LogP contribution >= 0.6 is 0 Å². The molecule has 0 N–H and O–H groups in total. The third kappa shape index (κ3) is 4.91. The molecule has 0 bridgehead atoms.